The van der Waals surface area contributed by atoms with Crippen LogP contribution in [-0.4, -0.2) is 5.78 Å². The molecule has 0 spiro atoms. The van der Waals surface area contributed by atoms with Crippen LogP contribution in [0.15, 0.2) is 18.2 Å². The van der Waals surface area contributed by atoms with Crippen LogP contribution in [0.1, 0.15) is 23.4 Å². The van der Waals surface area contributed by atoms with Crippen LogP contribution >= 0.6 is 23.2 Å². The Labute approximate surface area is 91.8 Å². The van der Waals surface area contributed by atoms with Crippen LogP contribution in [0.25, 0.3) is 0 Å². The first-order chi connectivity index (χ1) is 6.56. The summed E-state index contributed by atoms with van der Waals surface area (Å²) in [5, 5.41) is -0.355. The Balaban J connectivity index is 3.13. The van der Waals surface area contributed by atoms with E-state index in [-0.39, 0.29) is 5.78 Å². The van der Waals surface area contributed by atoms with E-state index in [1.165, 1.54) is 13.0 Å². The summed E-state index contributed by atoms with van der Waals surface area (Å²) in [7, 11) is 0. The third kappa shape index (κ3) is 2.46. The average Bonchev–Trinajstić information content (AvgIpc) is 2.16. The van der Waals surface area contributed by atoms with Gasteiger partial charge in [-0.2, -0.15) is 0 Å². The van der Waals surface area contributed by atoms with Crippen LogP contribution in [-0.2, 0) is 11.5 Å². The van der Waals surface area contributed by atoms with Gasteiger partial charge < -0.3 is 0 Å². The lowest BCUT2D eigenvalue weighted by molar-refractivity contribution is -0.116. The van der Waals surface area contributed by atoms with Crippen LogP contribution in [0, 0.1) is 0 Å². The minimum atomic E-state index is -0.794. The third-order valence-corrected chi connectivity index (χ3v) is 2.66. The SMILES string of the molecule is CC(=O)C(Cl)c1ccc(Cl)cc1CF. The molecule has 0 amide bonds. The summed E-state index contributed by atoms with van der Waals surface area (Å²) in [6.07, 6.45) is 0. The molecule has 0 aromatic heterocycles. The molecule has 1 nitrogen and oxygen atoms in total. The first-order valence-electron chi connectivity index (χ1n) is 4.05. The van der Waals surface area contributed by atoms with Gasteiger partial charge in [0, 0.05) is 5.02 Å². The Morgan fingerprint density at radius 3 is 2.71 bits per heavy atom. The average molecular weight is 235 g/mol. The van der Waals surface area contributed by atoms with E-state index in [9.17, 15) is 9.18 Å². The van der Waals surface area contributed by atoms with Gasteiger partial charge in [-0.1, -0.05) is 17.7 Å². The van der Waals surface area contributed by atoms with Crippen molar-refractivity contribution in [2.24, 2.45) is 0 Å². The summed E-state index contributed by atoms with van der Waals surface area (Å²) in [6.45, 7) is 0.695. The second-order valence-electron chi connectivity index (χ2n) is 2.95. The van der Waals surface area contributed by atoms with Crippen molar-refractivity contribution in [1.29, 1.82) is 0 Å². The van der Waals surface area contributed by atoms with Crippen LogP contribution in [0.5, 0.6) is 0 Å². The van der Waals surface area contributed by atoms with Crippen molar-refractivity contribution < 1.29 is 9.18 Å². The van der Waals surface area contributed by atoms with E-state index < -0.39 is 12.1 Å². The molecule has 14 heavy (non-hydrogen) atoms. The van der Waals surface area contributed by atoms with Crippen LogP contribution < -0.4 is 0 Å². The first kappa shape index (κ1) is 11.5. The number of Topliss-reactive ketones (excluding diaryl/α,β-unsaturated/α-hetero) is 1. The van der Waals surface area contributed by atoms with Crippen molar-refractivity contribution in [2.75, 3.05) is 0 Å². The lowest BCUT2D eigenvalue weighted by Crippen LogP contribution is -2.04. The normalized spacial score (nSPS) is 12.6. The Morgan fingerprint density at radius 2 is 2.21 bits per heavy atom. The number of halogens is 3. The van der Waals surface area contributed by atoms with Gasteiger partial charge in [0.05, 0.1) is 0 Å². The third-order valence-electron chi connectivity index (χ3n) is 1.88. The predicted molar refractivity (Wildman–Crippen MR) is 55.5 cm³/mol. The fraction of sp³-hybridized carbons (Fsp3) is 0.300. The number of alkyl halides is 2. The summed E-state index contributed by atoms with van der Waals surface area (Å²) in [5.41, 5.74) is 0.860. The van der Waals surface area contributed by atoms with Crippen molar-refractivity contribution in [2.45, 2.75) is 19.0 Å². The minimum Gasteiger partial charge on any atom is -0.298 e. The van der Waals surface area contributed by atoms with E-state index in [2.05, 4.69) is 0 Å². The highest BCUT2D eigenvalue weighted by atomic mass is 35.5. The smallest absolute Gasteiger partial charge is 0.152 e. The maximum Gasteiger partial charge on any atom is 0.152 e. The molecular formula is C10H9Cl2FO. The maximum absolute atomic E-state index is 12.6. The summed E-state index contributed by atoms with van der Waals surface area (Å²) < 4.78 is 12.6. The second-order valence-corrected chi connectivity index (χ2v) is 3.82. The zero-order valence-corrected chi connectivity index (χ0v) is 9.07. The lowest BCUT2D eigenvalue weighted by atomic mass is 10.0. The highest BCUT2D eigenvalue weighted by Crippen LogP contribution is 2.27. The Kier molecular flexibility index (Phi) is 3.90. The molecule has 0 N–H and O–H groups in total. The molecule has 0 aliphatic heterocycles. The van der Waals surface area contributed by atoms with E-state index in [4.69, 9.17) is 23.2 Å². The standard InChI is InChI=1S/C10H9Cl2FO/c1-6(14)10(12)9-3-2-8(11)4-7(9)5-13/h2-4,10H,5H2,1H3. The molecule has 76 valence electrons. The number of carbonyl (C=O) groups excluding carboxylic acids is 1. The summed E-state index contributed by atoms with van der Waals surface area (Å²) in [5.74, 6) is -0.205. The predicted octanol–water partition coefficient (Wildman–Crippen LogP) is 3.68. The van der Waals surface area contributed by atoms with Gasteiger partial charge in [-0.15, -0.1) is 11.6 Å². The van der Waals surface area contributed by atoms with Crippen molar-refractivity contribution in [3.8, 4) is 0 Å². The molecule has 1 atom stereocenters. The molecule has 0 bridgehead atoms. The van der Waals surface area contributed by atoms with Crippen molar-refractivity contribution in [1.82, 2.24) is 0 Å². The molecule has 1 aromatic carbocycles. The quantitative estimate of drug-likeness (QED) is 0.730. The van der Waals surface area contributed by atoms with Gasteiger partial charge in [-0.3, -0.25) is 4.79 Å². The van der Waals surface area contributed by atoms with Crippen LogP contribution in [0.4, 0.5) is 4.39 Å². The Bertz CT molecular complexity index is 352. The molecule has 4 heteroatoms. The van der Waals surface area contributed by atoms with Gasteiger partial charge in [0.25, 0.3) is 0 Å². The van der Waals surface area contributed by atoms with Crippen molar-refractivity contribution in [3.05, 3.63) is 34.3 Å². The molecule has 0 radical (unpaired) electrons. The monoisotopic (exact) mass is 234 g/mol. The molecule has 1 rings (SSSR count). The lowest BCUT2D eigenvalue weighted by Gasteiger charge is -2.10. The summed E-state index contributed by atoms with van der Waals surface area (Å²) in [4.78, 5) is 11.0. The number of hydrogen-bond donors (Lipinski definition) is 0. The fourth-order valence-corrected chi connectivity index (χ4v) is 1.56. The topological polar surface area (TPSA) is 17.1 Å². The molecule has 0 aliphatic carbocycles. The number of benzene rings is 1. The van der Waals surface area contributed by atoms with E-state index in [0.717, 1.165) is 0 Å². The summed E-state index contributed by atoms with van der Waals surface area (Å²) >= 11 is 11.5. The zero-order chi connectivity index (χ0) is 10.7. The summed E-state index contributed by atoms with van der Waals surface area (Å²) in [6, 6.07) is 4.65. The first-order valence-corrected chi connectivity index (χ1v) is 4.86. The van der Waals surface area contributed by atoms with Gasteiger partial charge in [-0.25, -0.2) is 4.39 Å². The van der Waals surface area contributed by atoms with E-state index in [1.807, 2.05) is 0 Å². The number of carbonyl (C=O) groups is 1. The van der Waals surface area contributed by atoms with E-state index >= 15 is 0 Å². The highest BCUT2D eigenvalue weighted by Gasteiger charge is 2.16. The van der Waals surface area contributed by atoms with Gasteiger partial charge in [-0.05, 0) is 30.2 Å². The fourth-order valence-electron chi connectivity index (χ4n) is 1.16. The number of ketones is 1. The zero-order valence-electron chi connectivity index (χ0n) is 7.56. The van der Waals surface area contributed by atoms with Crippen LogP contribution in [0.3, 0.4) is 0 Å². The molecule has 0 fully saturated rings. The van der Waals surface area contributed by atoms with Gasteiger partial charge in [0.1, 0.15) is 12.1 Å². The largest absolute Gasteiger partial charge is 0.298 e. The molecule has 1 unspecified atom stereocenters. The van der Waals surface area contributed by atoms with Gasteiger partial charge in [0.2, 0.25) is 0 Å². The van der Waals surface area contributed by atoms with Crippen LogP contribution in [0.2, 0.25) is 5.02 Å². The van der Waals surface area contributed by atoms with Crippen molar-refractivity contribution >= 4 is 29.0 Å². The second kappa shape index (κ2) is 4.76. The van der Waals surface area contributed by atoms with E-state index in [0.29, 0.717) is 16.1 Å². The Hall–Kier alpha value is -0.600. The molecule has 0 aliphatic rings. The number of hydrogen-bond acceptors (Lipinski definition) is 1. The molecule has 0 saturated carbocycles. The molecular weight excluding hydrogens is 226 g/mol. The van der Waals surface area contributed by atoms with Gasteiger partial charge >= 0.3 is 0 Å². The number of rotatable bonds is 3. The molecule has 0 saturated heterocycles. The highest BCUT2D eigenvalue weighted by molar-refractivity contribution is 6.32. The van der Waals surface area contributed by atoms with Gasteiger partial charge in [0.15, 0.2) is 5.78 Å². The minimum absolute atomic E-state index is 0.205. The van der Waals surface area contributed by atoms with Crippen molar-refractivity contribution in [3.63, 3.8) is 0 Å². The molecule has 1 aromatic rings. The van der Waals surface area contributed by atoms with E-state index in [1.54, 1.807) is 12.1 Å². The maximum atomic E-state index is 12.6. The molecule has 0 heterocycles. The Morgan fingerprint density at radius 1 is 1.57 bits per heavy atom.